The number of piperidine rings is 1. The number of nitrogens with two attached hydrogens (primary N) is 1. The largest absolute Gasteiger partial charge is 0.450 e. The standard InChI is InChI=1S/C14H17BrN2O3/c1-9-2-3-10(14(16)19)8-17(9)13(18)7-5-11-4-6-12(15)20-11/h4-7,9-10H,2-3,8H2,1H3,(H2,16,19)/b7-5-/t9-,10+/m1/s1. The lowest BCUT2D eigenvalue weighted by atomic mass is 9.93. The molecule has 0 radical (unpaired) electrons. The topological polar surface area (TPSA) is 76.5 Å². The molecule has 20 heavy (non-hydrogen) atoms. The quantitative estimate of drug-likeness (QED) is 0.856. The minimum absolute atomic E-state index is 0.117. The van der Waals surface area contributed by atoms with Gasteiger partial charge in [-0.15, -0.1) is 0 Å². The van der Waals surface area contributed by atoms with Gasteiger partial charge in [0.2, 0.25) is 11.8 Å². The fourth-order valence-corrected chi connectivity index (χ4v) is 2.63. The Balaban J connectivity index is 2.03. The lowest BCUT2D eigenvalue weighted by Crippen LogP contribution is -2.48. The van der Waals surface area contributed by atoms with Crippen LogP contribution in [0.5, 0.6) is 0 Å². The number of furan rings is 1. The van der Waals surface area contributed by atoms with E-state index in [0.717, 1.165) is 12.8 Å². The second-order valence-corrected chi connectivity index (χ2v) is 5.77. The Labute approximate surface area is 125 Å². The Bertz CT molecular complexity index is 538. The second kappa shape index (κ2) is 6.26. The highest BCUT2D eigenvalue weighted by Crippen LogP contribution is 2.22. The molecule has 5 nitrogen and oxygen atoms in total. The summed E-state index contributed by atoms with van der Waals surface area (Å²) in [6.07, 6.45) is 4.62. The summed E-state index contributed by atoms with van der Waals surface area (Å²) in [5.41, 5.74) is 5.33. The Hall–Kier alpha value is -1.56. The summed E-state index contributed by atoms with van der Waals surface area (Å²) in [7, 11) is 0. The number of carbonyl (C=O) groups excluding carboxylic acids is 2. The number of hydrogen-bond acceptors (Lipinski definition) is 3. The fraction of sp³-hybridized carbons (Fsp3) is 0.429. The lowest BCUT2D eigenvalue weighted by Gasteiger charge is -2.36. The van der Waals surface area contributed by atoms with E-state index in [1.807, 2.05) is 6.92 Å². The van der Waals surface area contributed by atoms with Gasteiger partial charge in [-0.3, -0.25) is 9.59 Å². The van der Waals surface area contributed by atoms with Gasteiger partial charge in [0.1, 0.15) is 5.76 Å². The van der Waals surface area contributed by atoms with Crippen molar-refractivity contribution in [1.29, 1.82) is 0 Å². The molecule has 0 spiro atoms. The van der Waals surface area contributed by atoms with E-state index >= 15 is 0 Å². The van der Waals surface area contributed by atoms with Crippen LogP contribution in [0.15, 0.2) is 27.3 Å². The highest BCUT2D eigenvalue weighted by molar-refractivity contribution is 9.10. The minimum Gasteiger partial charge on any atom is -0.450 e. The van der Waals surface area contributed by atoms with Crippen molar-refractivity contribution in [3.63, 3.8) is 0 Å². The number of rotatable bonds is 3. The van der Waals surface area contributed by atoms with Crippen LogP contribution in [-0.2, 0) is 9.59 Å². The summed E-state index contributed by atoms with van der Waals surface area (Å²) in [5, 5.41) is 0. The number of likely N-dealkylation sites (tertiary alicyclic amines) is 1. The van der Waals surface area contributed by atoms with Crippen LogP contribution in [0.2, 0.25) is 0 Å². The average molecular weight is 341 g/mol. The van der Waals surface area contributed by atoms with E-state index in [9.17, 15) is 9.59 Å². The Morgan fingerprint density at radius 3 is 2.80 bits per heavy atom. The van der Waals surface area contributed by atoms with Gasteiger partial charge in [-0.2, -0.15) is 0 Å². The molecule has 2 amide bonds. The molecule has 1 aromatic heterocycles. The zero-order valence-corrected chi connectivity index (χ0v) is 12.8. The molecule has 0 aromatic carbocycles. The molecule has 1 fully saturated rings. The molecular weight excluding hydrogens is 324 g/mol. The zero-order chi connectivity index (χ0) is 14.7. The Morgan fingerprint density at radius 2 is 2.20 bits per heavy atom. The summed E-state index contributed by atoms with van der Waals surface area (Å²) < 4.78 is 5.91. The van der Waals surface area contributed by atoms with Gasteiger partial charge in [-0.05, 0) is 53.9 Å². The Morgan fingerprint density at radius 1 is 1.45 bits per heavy atom. The van der Waals surface area contributed by atoms with Crippen molar-refractivity contribution in [3.8, 4) is 0 Å². The lowest BCUT2D eigenvalue weighted by molar-refractivity contribution is -0.133. The van der Waals surface area contributed by atoms with Crippen LogP contribution >= 0.6 is 15.9 Å². The van der Waals surface area contributed by atoms with Gasteiger partial charge < -0.3 is 15.1 Å². The van der Waals surface area contributed by atoms with Crippen LogP contribution in [0.4, 0.5) is 0 Å². The van der Waals surface area contributed by atoms with E-state index in [-0.39, 0.29) is 23.8 Å². The normalized spacial score (nSPS) is 23.2. The molecule has 2 rings (SSSR count). The van der Waals surface area contributed by atoms with Gasteiger partial charge in [0.25, 0.3) is 0 Å². The van der Waals surface area contributed by atoms with Gasteiger partial charge in [-0.1, -0.05) is 0 Å². The maximum Gasteiger partial charge on any atom is 0.246 e. The first-order chi connectivity index (χ1) is 9.47. The summed E-state index contributed by atoms with van der Waals surface area (Å²) in [5.74, 6) is -0.118. The fourth-order valence-electron chi connectivity index (χ4n) is 2.31. The summed E-state index contributed by atoms with van der Waals surface area (Å²) in [4.78, 5) is 25.1. The number of primary amides is 1. The van der Waals surface area contributed by atoms with E-state index in [2.05, 4.69) is 15.9 Å². The highest BCUT2D eigenvalue weighted by Gasteiger charge is 2.30. The van der Waals surface area contributed by atoms with Crippen molar-refractivity contribution >= 4 is 33.8 Å². The minimum atomic E-state index is -0.339. The molecule has 2 heterocycles. The van der Waals surface area contributed by atoms with Crippen molar-refractivity contribution < 1.29 is 14.0 Å². The SMILES string of the molecule is C[C@@H]1CC[C@H](C(N)=O)CN1C(=O)/C=C\c1ccc(Br)o1. The molecule has 1 aliphatic rings. The predicted octanol–water partition coefficient (Wildman–Crippen LogP) is 2.17. The van der Waals surface area contributed by atoms with Crippen molar-refractivity contribution in [1.82, 2.24) is 4.90 Å². The predicted molar refractivity (Wildman–Crippen MR) is 78.5 cm³/mol. The number of amides is 2. The maximum absolute atomic E-state index is 12.2. The van der Waals surface area contributed by atoms with Crippen LogP contribution < -0.4 is 5.73 Å². The van der Waals surface area contributed by atoms with E-state index in [1.165, 1.54) is 6.08 Å². The van der Waals surface area contributed by atoms with Crippen LogP contribution in [0.1, 0.15) is 25.5 Å². The van der Waals surface area contributed by atoms with Crippen LogP contribution in [-0.4, -0.2) is 29.3 Å². The van der Waals surface area contributed by atoms with Crippen molar-refractivity contribution in [2.45, 2.75) is 25.8 Å². The smallest absolute Gasteiger partial charge is 0.246 e. The summed E-state index contributed by atoms with van der Waals surface area (Å²) in [6, 6.07) is 3.64. The number of hydrogen-bond donors (Lipinski definition) is 1. The highest BCUT2D eigenvalue weighted by atomic mass is 79.9. The molecule has 0 unspecified atom stereocenters. The van der Waals surface area contributed by atoms with Gasteiger partial charge >= 0.3 is 0 Å². The van der Waals surface area contributed by atoms with E-state index < -0.39 is 0 Å². The molecule has 0 aliphatic carbocycles. The van der Waals surface area contributed by atoms with Gasteiger partial charge in [0.05, 0.1) is 5.92 Å². The third-order valence-electron chi connectivity index (χ3n) is 3.55. The van der Waals surface area contributed by atoms with E-state index in [1.54, 1.807) is 23.1 Å². The molecular formula is C14H17BrN2O3. The molecule has 1 saturated heterocycles. The first-order valence-corrected chi connectivity index (χ1v) is 7.30. The number of halogens is 1. The van der Waals surface area contributed by atoms with Crippen LogP contribution in [0.3, 0.4) is 0 Å². The van der Waals surface area contributed by atoms with Gasteiger partial charge in [-0.25, -0.2) is 0 Å². The molecule has 6 heteroatoms. The van der Waals surface area contributed by atoms with Crippen molar-refractivity contribution in [2.75, 3.05) is 6.54 Å². The van der Waals surface area contributed by atoms with Gasteiger partial charge in [0.15, 0.2) is 4.67 Å². The van der Waals surface area contributed by atoms with Crippen LogP contribution in [0.25, 0.3) is 6.08 Å². The molecule has 0 bridgehead atoms. The second-order valence-electron chi connectivity index (χ2n) is 4.99. The maximum atomic E-state index is 12.2. The van der Waals surface area contributed by atoms with E-state index in [4.69, 9.17) is 10.2 Å². The first-order valence-electron chi connectivity index (χ1n) is 6.50. The molecule has 0 saturated carbocycles. The summed E-state index contributed by atoms with van der Waals surface area (Å²) in [6.45, 7) is 2.37. The number of carbonyl (C=O) groups is 2. The number of nitrogens with zero attached hydrogens (tertiary/aromatic N) is 1. The third-order valence-corrected chi connectivity index (χ3v) is 3.98. The molecule has 108 valence electrons. The third kappa shape index (κ3) is 3.50. The molecule has 2 N–H and O–H groups in total. The van der Waals surface area contributed by atoms with Crippen molar-refractivity contribution in [2.24, 2.45) is 11.7 Å². The Kier molecular flexibility index (Phi) is 4.65. The average Bonchev–Trinajstić information content (AvgIpc) is 2.82. The van der Waals surface area contributed by atoms with E-state index in [0.29, 0.717) is 17.0 Å². The van der Waals surface area contributed by atoms with Crippen LogP contribution in [0, 0.1) is 5.92 Å². The van der Waals surface area contributed by atoms with Crippen molar-refractivity contribution in [3.05, 3.63) is 28.6 Å². The monoisotopic (exact) mass is 340 g/mol. The molecule has 1 aliphatic heterocycles. The zero-order valence-electron chi connectivity index (χ0n) is 11.2. The first kappa shape index (κ1) is 14.8. The van der Waals surface area contributed by atoms with Gasteiger partial charge in [0, 0.05) is 18.7 Å². The molecule has 2 atom stereocenters. The summed E-state index contributed by atoms with van der Waals surface area (Å²) >= 11 is 3.20. The molecule has 1 aromatic rings.